The van der Waals surface area contributed by atoms with Crippen LogP contribution in [0.3, 0.4) is 0 Å². The fraction of sp³-hybridized carbons (Fsp3) is 0.800. The second-order valence-electron chi connectivity index (χ2n) is 1.67. The molecule has 0 saturated heterocycles. The van der Waals surface area contributed by atoms with Crippen LogP contribution in [0.4, 0.5) is 13.2 Å². The molecule has 0 amide bonds. The maximum atomic E-state index is 10.6. The lowest BCUT2D eigenvalue weighted by Gasteiger charge is -1.93. The van der Waals surface area contributed by atoms with E-state index in [1.165, 1.54) is 0 Å². The molecule has 4 N–H and O–H groups in total. The van der Waals surface area contributed by atoms with Gasteiger partial charge in [-0.25, -0.2) is 4.79 Å². The van der Waals surface area contributed by atoms with Gasteiger partial charge >= 0.3 is 12.1 Å². The molecule has 0 aromatic carbocycles. The molecule has 0 aliphatic carbocycles. The number of hydrogen-bond donors (Lipinski definition) is 3. The predicted molar refractivity (Wildman–Crippen MR) is 34.4 cm³/mol. The van der Waals surface area contributed by atoms with Gasteiger partial charge in [0.1, 0.15) is 0 Å². The minimum Gasteiger partial charge on any atom is -0.475 e. The molecule has 0 bridgehead atoms. The van der Waals surface area contributed by atoms with Gasteiger partial charge in [0, 0.05) is 6.61 Å². The van der Waals surface area contributed by atoms with Crippen LogP contribution < -0.4 is 5.73 Å². The van der Waals surface area contributed by atoms with Gasteiger partial charge in [-0.3, -0.25) is 0 Å². The summed E-state index contributed by atoms with van der Waals surface area (Å²) in [4.78, 5) is 8.90. The van der Waals surface area contributed by atoms with Crippen molar-refractivity contribution in [2.75, 3.05) is 13.2 Å². The number of carboxylic acid groups (broad SMARTS) is 1. The van der Waals surface area contributed by atoms with E-state index in [0.717, 1.165) is 6.42 Å². The number of rotatable bonds is 2. The van der Waals surface area contributed by atoms with Gasteiger partial charge in [-0.2, -0.15) is 13.2 Å². The van der Waals surface area contributed by atoms with Crippen LogP contribution in [0.2, 0.25) is 0 Å². The first-order valence-electron chi connectivity index (χ1n) is 2.97. The summed E-state index contributed by atoms with van der Waals surface area (Å²) in [5.74, 6) is -2.76. The molecule has 0 aliphatic rings. The summed E-state index contributed by atoms with van der Waals surface area (Å²) < 4.78 is 31.7. The van der Waals surface area contributed by atoms with Gasteiger partial charge in [-0.15, -0.1) is 0 Å². The van der Waals surface area contributed by atoms with Crippen LogP contribution in [-0.4, -0.2) is 35.5 Å². The summed E-state index contributed by atoms with van der Waals surface area (Å²) in [6.07, 6.45) is -4.36. The van der Waals surface area contributed by atoms with E-state index in [2.05, 4.69) is 0 Å². The molecule has 7 heteroatoms. The van der Waals surface area contributed by atoms with Crippen molar-refractivity contribution in [3.05, 3.63) is 0 Å². The third kappa shape index (κ3) is 11.9. The number of carboxylic acids is 1. The number of aliphatic carboxylic acids is 1. The molecule has 0 fully saturated rings. The van der Waals surface area contributed by atoms with E-state index in [9.17, 15) is 13.2 Å². The lowest BCUT2D eigenvalue weighted by molar-refractivity contribution is -0.192. The highest BCUT2D eigenvalue weighted by molar-refractivity contribution is 5.73. The standard InChI is InChI=1S/C3H9NO.C2HF3O2/c4-2-1-3-5;3-2(4,5)1(6)7/h5H,1-4H2;(H,6,7). The van der Waals surface area contributed by atoms with Crippen molar-refractivity contribution < 1.29 is 28.2 Å². The topological polar surface area (TPSA) is 83.5 Å². The van der Waals surface area contributed by atoms with Crippen LogP contribution in [0.25, 0.3) is 0 Å². The first-order chi connectivity index (χ1) is 5.36. The molecule has 4 nitrogen and oxygen atoms in total. The molecule has 0 rings (SSSR count). The fourth-order valence-corrected chi connectivity index (χ4v) is 0.0913. The minimum atomic E-state index is -5.08. The molecular weight excluding hydrogens is 179 g/mol. The zero-order chi connectivity index (χ0) is 10.2. The molecular formula is C5H10F3NO3. The van der Waals surface area contributed by atoms with E-state index in [1.54, 1.807) is 0 Å². The largest absolute Gasteiger partial charge is 0.490 e. The van der Waals surface area contributed by atoms with Gasteiger partial charge in [0.15, 0.2) is 0 Å². The number of alkyl halides is 3. The minimum absolute atomic E-state index is 0.219. The molecule has 0 spiro atoms. The number of nitrogens with two attached hydrogens (primary N) is 1. The van der Waals surface area contributed by atoms with Gasteiger partial charge in [0.25, 0.3) is 0 Å². The summed E-state index contributed by atoms with van der Waals surface area (Å²) in [7, 11) is 0. The second-order valence-corrected chi connectivity index (χ2v) is 1.67. The lowest BCUT2D eigenvalue weighted by Crippen LogP contribution is -2.21. The molecule has 0 aliphatic heterocycles. The summed E-state index contributed by atoms with van der Waals surface area (Å²) in [6.45, 7) is 0.812. The van der Waals surface area contributed by atoms with Crippen LogP contribution in [0.1, 0.15) is 6.42 Å². The number of halogens is 3. The highest BCUT2D eigenvalue weighted by atomic mass is 19.4. The normalized spacial score (nSPS) is 10.1. The maximum absolute atomic E-state index is 10.6. The van der Waals surface area contributed by atoms with E-state index < -0.39 is 12.1 Å². The van der Waals surface area contributed by atoms with Gasteiger partial charge in [0.05, 0.1) is 0 Å². The van der Waals surface area contributed by atoms with E-state index in [-0.39, 0.29) is 6.61 Å². The molecule has 0 aromatic rings. The van der Waals surface area contributed by atoms with Crippen molar-refractivity contribution in [1.29, 1.82) is 0 Å². The average Bonchev–Trinajstić information content (AvgIpc) is 1.88. The third-order valence-corrected chi connectivity index (χ3v) is 0.605. The Hall–Kier alpha value is -0.820. The first-order valence-corrected chi connectivity index (χ1v) is 2.97. The molecule has 0 unspecified atom stereocenters. The van der Waals surface area contributed by atoms with Gasteiger partial charge in [0.2, 0.25) is 0 Å². The summed E-state index contributed by atoms with van der Waals surface area (Å²) in [6, 6.07) is 0. The van der Waals surface area contributed by atoms with Crippen LogP contribution >= 0.6 is 0 Å². The summed E-state index contributed by atoms with van der Waals surface area (Å²) >= 11 is 0. The third-order valence-electron chi connectivity index (χ3n) is 0.605. The van der Waals surface area contributed by atoms with Gasteiger partial charge < -0.3 is 15.9 Å². The summed E-state index contributed by atoms with van der Waals surface area (Å²) in [5.41, 5.74) is 4.98. The molecule has 0 heterocycles. The van der Waals surface area contributed by atoms with Crippen LogP contribution in [0, 0.1) is 0 Å². The lowest BCUT2D eigenvalue weighted by atomic mass is 10.5. The van der Waals surface area contributed by atoms with Gasteiger partial charge in [-0.1, -0.05) is 0 Å². The van der Waals surface area contributed by atoms with Gasteiger partial charge in [-0.05, 0) is 13.0 Å². The van der Waals surface area contributed by atoms with Crippen molar-refractivity contribution in [1.82, 2.24) is 0 Å². The molecule has 74 valence electrons. The maximum Gasteiger partial charge on any atom is 0.490 e. The summed E-state index contributed by atoms with van der Waals surface area (Å²) in [5, 5.41) is 15.1. The molecule has 0 radical (unpaired) electrons. The average molecular weight is 189 g/mol. The van der Waals surface area contributed by atoms with Crippen molar-refractivity contribution in [3.8, 4) is 0 Å². The van der Waals surface area contributed by atoms with Crippen LogP contribution in [0.5, 0.6) is 0 Å². The number of aliphatic hydroxyl groups is 1. The van der Waals surface area contributed by atoms with Crippen LogP contribution in [0.15, 0.2) is 0 Å². The Kier molecular flexibility index (Phi) is 7.86. The number of carbonyl (C=O) groups is 1. The highest BCUT2D eigenvalue weighted by Gasteiger charge is 2.38. The Morgan fingerprint density at radius 3 is 1.75 bits per heavy atom. The fourth-order valence-electron chi connectivity index (χ4n) is 0.0913. The van der Waals surface area contributed by atoms with E-state index in [0.29, 0.717) is 6.54 Å². The molecule has 0 aromatic heterocycles. The van der Waals surface area contributed by atoms with E-state index in [1.807, 2.05) is 0 Å². The smallest absolute Gasteiger partial charge is 0.475 e. The zero-order valence-electron chi connectivity index (χ0n) is 6.14. The predicted octanol–water partition coefficient (Wildman–Crippen LogP) is -0.0392. The van der Waals surface area contributed by atoms with E-state index >= 15 is 0 Å². The quantitative estimate of drug-likeness (QED) is 0.569. The SMILES string of the molecule is NCCCO.O=C(O)C(F)(F)F. The van der Waals surface area contributed by atoms with E-state index in [4.69, 9.17) is 20.7 Å². The molecule has 0 saturated carbocycles. The van der Waals surface area contributed by atoms with Crippen LogP contribution in [-0.2, 0) is 4.79 Å². The van der Waals surface area contributed by atoms with Crippen molar-refractivity contribution >= 4 is 5.97 Å². The Morgan fingerprint density at radius 1 is 1.42 bits per heavy atom. The highest BCUT2D eigenvalue weighted by Crippen LogP contribution is 2.13. The number of hydrogen-bond acceptors (Lipinski definition) is 3. The first kappa shape index (κ1) is 13.7. The zero-order valence-corrected chi connectivity index (χ0v) is 6.14. The van der Waals surface area contributed by atoms with Crippen molar-refractivity contribution in [2.24, 2.45) is 5.73 Å². The Bertz CT molecular complexity index is 124. The number of aliphatic hydroxyl groups excluding tert-OH is 1. The monoisotopic (exact) mass is 189 g/mol. The molecule has 12 heavy (non-hydrogen) atoms. The van der Waals surface area contributed by atoms with Crippen molar-refractivity contribution in [2.45, 2.75) is 12.6 Å². The second kappa shape index (κ2) is 6.86. The van der Waals surface area contributed by atoms with Crippen molar-refractivity contribution in [3.63, 3.8) is 0 Å². The Balaban J connectivity index is 0. The Morgan fingerprint density at radius 2 is 1.75 bits per heavy atom. The molecule has 0 atom stereocenters. The Labute approximate surface area is 66.8 Å².